The quantitative estimate of drug-likeness (QED) is 0.764. The van der Waals surface area contributed by atoms with Crippen LogP contribution < -0.4 is 0 Å². The van der Waals surface area contributed by atoms with E-state index in [0.717, 1.165) is 0 Å². The molecule has 0 aromatic carbocycles. The van der Waals surface area contributed by atoms with Crippen LogP contribution in [0.25, 0.3) is 0 Å². The molecule has 1 spiro atoms. The van der Waals surface area contributed by atoms with E-state index in [4.69, 9.17) is 18.9 Å². The fourth-order valence-corrected chi connectivity index (χ4v) is 7.41. The van der Waals surface area contributed by atoms with Gasteiger partial charge in [-0.2, -0.15) is 0 Å². The second kappa shape index (κ2) is 5.27. The first kappa shape index (κ1) is 16.0. The van der Waals surface area contributed by atoms with Crippen LogP contribution in [0.15, 0.2) is 0 Å². The SMILES string of the molecule is CC1(C)O[C@H]([C@H]2COC(C)(C)O2)[C@@H]([C@@H]2CC23SCCCS3)O1. The zero-order chi connectivity index (χ0) is 15.6. The molecule has 0 unspecified atom stereocenters. The van der Waals surface area contributed by atoms with Crippen molar-refractivity contribution in [2.75, 3.05) is 18.1 Å². The maximum Gasteiger partial charge on any atom is 0.163 e. The van der Waals surface area contributed by atoms with E-state index in [9.17, 15) is 0 Å². The first-order valence-electron chi connectivity index (χ1n) is 8.26. The molecule has 0 aromatic heterocycles. The lowest BCUT2D eigenvalue weighted by molar-refractivity contribution is -0.174. The van der Waals surface area contributed by atoms with Crippen LogP contribution in [0.5, 0.6) is 0 Å². The van der Waals surface area contributed by atoms with Crippen molar-refractivity contribution in [1.82, 2.24) is 0 Å². The van der Waals surface area contributed by atoms with Crippen LogP contribution in [0.4, 0.5) is 0 Å². The fourth-order valence-electron chi connectivity index (χ4n) is 3.83. The van der Waals surface area contributed by atoms with Gasteiger partial charge in [-0.3, -0.25) is 0 Å². The monoisotopic (exact) mass is 346 g/mol. The molecule has 3 aliphatic heterocycles. The van der Waals surface area contributed by atoms with Crippen molar-refractivity contribution in [1.29, 1.82) is 0 Å². The summed E-state index contributed by atoms with van der Waals surface area (Å²) in [7, 11) is 0. The van der Waals surface area contributed by atoms with Gasteiger partial charge in [-0.25, -0.2) is 0 Å². The molecule has 0 amide bonds. The first-order valence-corrected chi connectivity index (χ1v) is 10.2. The van der Waals surface area contributed by atoms with Crippen LogP contribution in [-0.2, 0) is 18.9 Å². The molecule has 3 saturated heterocycles. The van der Waals surface area contributed by atoms with E-state index in [1.807, 2.05) is 27.7 Å². The Hall–Kier alpha value is 0.540. The summed E-state index contributed by atoms with van der Waals surface area (Å²) in [5.74, 6) is 2.09. The highest BCUT2D eigenvalue weighted by molar-refractivity contribution is 8.19. The van der Waals surface area contributed by atoms with Crippen molar-refractivity contribution in [2.24, 2.45) is 5.92 Å². The molecule has 4 atom stereocenters. The van der Waals surface area contributed by atoms with Crippen molar-refractivity contribution in [3.63, 3.8) is 0 Å². The van der Waals surface area contributed by atoms with Crippen LogP contribution in [0.3, 0.4) is 0 Å². The molecular formula is C16H26O4S2. The van der Waals surface area contributed by atoms with Crippen molar-refractivity contribution in [3.8, 4) is 0 Å². The van der Waals surface area contributed by atoms with E-state index in [1.54, 1.807) is 0 Å². The summed E-state index contributed by atoms with van der Waals surface area (Å²) in [4.78, 5) is 0. The van der Waals surface area contributed by atoms with E-state index < -0.39 is 11.6 Å². The third-order valence-corrected chi connectivity index (χ3v) is 8.46. The first-order chi connectivity index (χ1) is 10.3. The molecule has 0 bridgehead atoms. The van der Waals surface area contributed by atoms with Gasteiger partial charge in [-0.15, -0.1) is 23.5 Å². The van der Waals surface area contributed by atoms with Gasteiger partial charge in [-0.1, -0.05) is 0 Å². The summed E-state index contributed by atoms with van der Waals surface area (Å²) in [6.45, 7) is 8.55. The lowest BCUT2D eigenvalue weighted by atomic mass is 10.0. The summed E-state index contributed by atoms with van der Waals surface area (Å²) >= 11 is 4.25. The lowest BCUT2D eigenvalue weighted by Gasteiger charge is -2.27. The Morgan fingerprint density at radius 3 is 2.18 bits per heavy atom. The van der Waals surface area contributed by atoms with Gasteiger partial charge in [0.25, 0.3) is 0 Å². The number of hydrogen-bond donors (Lipinski definition) is 0. The summed E-state index contributed by atoms with van der Waals surface area (Å²) < 4.78 is 24.7. The molecule has 4 aliphatic rings. The lowest BCUT2D eigenvalue weighted by Crippen LogP contribution is -2.40. The highest BCUT2D eigenvalue weighted by atomic mass is 32.2. The molecule has 4 fully saturated rings. The van der Waals surface area contributed by atoms with Crippen LogP contribution >= 0.6 is 23.5 Å². The van der Waals surface area contributed by atoms with E-state index in [-0.39, 0.29) is 18.3 Å². The summed E-state index contributed by atoms with van der Waals surface area (Å²) in [6.07, 6.45) is 2.63. The Bertz CT molecular complexity index is 447. The standard InChI is InChI=1S/C16H26O4S2/c1-14(2)17-9-11(18-14)13-12(19-15(3,4)20-13)10-8-16(10)21-6-5-7-22-16/h10-13H,5-9H2,1-4H3/t10-,11+,12+,13+/m0/s1. The van der Waals surface area contributed by atoms with Crippen molar-refractivity contribution in [2.45, 2.75) is 74.5 Å². The second-order valence-electron chi connectivity index (χ2n) is 7.60. The van der Waals surface area contributed by atoms with Gasteiger partial charge < -0.3 is 18.9 Å². The van der Waals surface area contributed by atoms with E-state index in [1.165, 1.54) is 24.3 Å². The Labute approximate surface area is 141 Å². The van der Waals surface area contributed by atoms with Gasteiger partial charge in [0.05, 0.1) is 16.8 Å². The van der Waals surface area contributed by atoms with Gasteiger partial charge in [0.1, 0.15) is 12.2 Å². The Morgan fingerprint density at radius 2 is 1.55 bits per heavy atom. The maximum atomic E-state index is 6.31. The number of rotatable bonds is 2. The minimum Gasteiger partial charge on any atom is -0.348 e. The van der Waals surface area contributed by atoms with Crippen molar-refractivity contribution >= 4 is 23.5 Å². The smallest absolute Gasteiger partial charge is 0.163 e. The predicted octanol–water partition coefficient (Wildman–Crippen LogP) is 3.24. The number of ether oxygens (including phenoxy) is 4. The van der Waals surface area contributed by atoms with Crippen LogP contribution in [0, 0.1) is 5.92 Å². The number of hydrogen-bond acceptors (Lipinski definition) is 6. The summed E-state index contributed by atoms with van der Waals surface area (Å²) in [5.41, 5.74) is 0. The molecule has 22 heavy (non-hydrogen) atoms. The summed E-state index contributed by atoms with van der Waals surface area (Å²) in [6, 6.07) is 0. The Balaban J connectivity index is 1.50. The second-order valence-corrected chi connectivity index (χ2v) is 10.7. The van der Waals surface area contributed by atoms with E-state index in [0.29, 0.717) is 16.6 Å². The topological polar surface area (TPSA) is 36.9 Å². The van der Waals surface area contributed by atoms with Gasteiger partial charge >= 0.3 is 0 Å². The zero-order valence-corrected chi connectivity index (χ0v) is 15.4. The van der Waals surface area contributed by atoms with Crippen LogP contribution in [0.1, 0.15) is 40.5 Å². The summed E-state index contributed by atoms with van der Waals surface area (Å²) in [5, 5.41) is 0. The average Bonchev–Trinajstić information content (AvgIpc) is 2.82. The minimum absolute atomic E-state index is 0.0238. The highest BCUT2D eigenvalue weighted by Gasteiger charge is 2.65. The third-order valence-electron chi connectivity index (χ3n) is 4.85. The van der Waals surface area contributed by atoms with Gasteiger partial charge in [0.2, 0.25) is 0 Å². The Kier molecular flexibility index (Phi) is 3.84. The molecule has 6 heteroatoms. The van der Waals surface area contributed by atoms with Gasteiger partial charge in [0.15, 0.2) is 11.6 Å². The van der Waals surface area contributed by atoms with Crippen LogP contribution in [0.2, 0.25) is 0 Å². The largest absolute Gasteiger partial charge is 0.348 e. The predicted molar refractivity (Wildman–Crippen MR) is 89.1 cm³/mol. The van der Waals surface area contributed by atoms with Gasteiger partial charge in [0, 0.05) is 5.92 Å². The zero-order valence-electron chi connectivity index (χ0n) is 13.8. The number of thioether (sulfide) groups is 2. The molecular weight excluding hydrogens is 320 g/mol. The van der Waals surface area contributed by atoms with E-state index >= 15 is 0 Å². The fraction of sp³-hybridized carbons (Fsp3) is 1.00. The Morgan fingerprint density at radius 1 is 0.864 bits per heavy atom. The molecule has 4 nitrogen and oxygen atoms in total. The molecule has 126 valence electrons. The minimum atomic E-state index is -0.529. The molecule has 1 aliphatic carbocycles. The maximum absolute atomic E-state index is 6.31. The van der Waals surface area contributed by atoms with Gasteiger partial charge in [-0.05, 0) is 52.0 Å². The third kappa shape index (κ3) is 2.84. The van der Waals surface area contributed by atoms with Crippen molar-refractivity contribution < 1.29 is 18.9 Å². The van der Waals surface area contributed by atoms with Crippen molar-refractivity contribution in [3.05, 3.63) is 0 Å². The molecule has 3 heterocycles. The molecule has 0 N–H and O–H groups in total. The molecule has 0 radical (unpaired) electrons. The molecule has 0 aromatic rings. The van der Waals surface area contributed by atoms with Crippen LogP contribution in [-0.4, -0.2) is 52.1 Å². The van der Waals surface area contributed by atoms with E-state index in [2.05, 4.69) is 23.5 Å². The average molecular weight is 347 g/mol. The molecule has 1 saturated carbocycles. The molecule has 4 rings (SSSR count). The normalized spacial score (nSPS) is 45.3. The highest BCUT2D eigenvalue weighted by Crippen LogP contribution is 2.67.